The van der Waals surface area contributed by atoms with E-state index in [2.05, 4.69) is 5.32 Å². The number of anilines is 1. The number of hydrogen-bond acceptors (Lipinski definition) is 6. The molecular formula is C25H32N2O6S. The van der Waals surface area contributed by atoms with Gasteiger partial charge in [0.2, 0.25) is 10.0 Å². The number of hydrogen-bond donors (Lipinski definition) is 1. The fraction of sp³-hybridized carbons (Fsp3) is 0.480. The lowest BCUT2D eigenvalue weighted by molar-refractivity contribution is 0.102. The lowest BCUT2D eigenvalue weighted by Gasteiger charge is -2.19. The maximum atomic E-state index is 13.2. The van der Waals surface area contributed by atoms with Gasteiger partial charge in [0.15, 0.2) is 11.5 Å². The Balaban J connectivity index is 1.55. The van der Waals surface area contributed by atoms with Crippen LogP contribution in [0.25, 0.3) is 0 Å². The SMILES string of the molecule is CCOc1ccc(NC(=O)c2ccc(OC3CCCC3)c(OC)c2)cc1S(=O)(=O)N1CCCC1. The van der Waals surface area contributed by atoms with Gasteiger partial charge in [-0.15, -0.1) is 0 Å². The van der Waals surface area contributed by atoms with Crippen LogP contribution in [-0.2, 0) is 10.0 Å². The van der Waals surface area contributed by atoms with Crippen molar-refractivity contribution in [3.8, 4) is 17.2 Å². The first-order valence-electron chi connectivity index (χ1n) is 11.9. The monoisotopic (exact) mass is 488 g/mol. The molecule has 0 bridgehead atoms. The van der Waals surface area contributed by atoms with Gasteiger partial charge in [-0.2, -0.15) is 4.31 Å². The Labute approximate surface area is 201 Å². The Morgan fingerprint density at radius 1 is 1.00 bits per heavy atom. The van der Waals surface area contributed by atoms with Crippen LogP contribution < -0.4 is 19.5 Å². The van der Waals surface area contributed by atoms with Gasteiger partial charge in [-0.1, -0.05) is 0 Å². The molecule has 2 aromatic rings. The summed E-state index contributed by atoms with van der Waals surface area (Å²) in [6.07, 6.45) is 6.20. The Hall–Kier alpha value is -2.78. The first kappa shape index (κ1) is 24.3. The van der Waals surface area contributed by atoms with Crippen LogP contribution in [0, 0.1) is 0 Å². The molecule has 2 aromatic carbocycles. The molecule has 2 aliphatic rings. The zero-order valence-corrected chi connectivity index (χ0v) is 20.5. The fourth-order valence-corrected chi connectivity index (χ4v) is 6.10. The zero-order chi connectivity index (χ0) is 24.1. The molecule has 0 unspecified atom stereocenters. The molecule has 0 spiro atoms. The van der Waals surface area contributed by atoms with Gasteiger partial charge in [0.1, 0.15) is 10.6 Å². The molecule has 1 amide bonds. The van der Waals surface area contributed by atoms with E-state index in [-0.39, 0.29) is 22.7 Å². The predicted molar refractivity (Wildman–Crippen MR) is 129 cm³/mol. The van der Waals surface area contributed by atoms with Crippen molar-refractivity contribution in [3.63, 3.8) is 0 Å². The number of benzene rings is 2. The number of carbonyl (C=O) groups is 1. The summed E-state index contributed by atoms with van der Waals surface area (Å²) in [6, 6.07) is 9.75. The highest BCUT2D eigenvalue weighted by Gasteiger charge is 2.30. The fourth-order valence-electron chi connectivity index (χ4n) is 4.42. The van der Waals surface area contributed by atoms with Crippen LogP contribution in [-0.4, -0.2) is 51.5 Å². The maximum Gasteiger partial charge on any atom is 0.255 e. The highest BCUT2D eigenvalue weighted by atomic mass is 32.2. The third-order valence-electron chi connectivity index (χ3n) is 6.21. The minimum Gasteiger partial charge on any atom is -0.493 e. The molecule has 0 atom stereocenters. The van der Waals surface area contributed by atoms with Crippen LogP contribution in [0.3, 0.4) is 0 Å². The van der Waals surface area contributed by atoms with Crippen molar-refractivity contribution in [1.82, 2.24) is 4.31 Å². The second-order valence-corrected chi connectivity index (χ2v) is 10.5. The maximum absolute atomic E-state index is 13.2. The third kappa shape index (κ3) is 5.31. The van der Waals surface area contributed by atoms with E-state index >= 15 is 0 Å². The molecule has 8 nitrogen and oxygen atoms in total. The molecule has 184 valence electrons. The highest BCUT2D eigenvalue weighted by molar-refractivity contribution is 7.89. The van der Waals surface area contributed by atoms with E-state index in [0.29, 0.717) is 42.4 Å². The number of ether oxygens (including phenoxy) is 3. The third-order valence-corrected chi connectivity index (χ3v) is 8.13. The number of rotatable bonds is 9. The van der Waals surface area contributed by atoms with Gasteiger partial charge >= 0.3 is 0 Å². The molecule has 1 N–H and O–H groups in total. The number of carbonyl (C=O) groups excluding carboxylic acids is 1. The second kappa shape index (κ2) is 10.7. The lowest BCUT2D eigenvalue weighted by Crippen LogP contribution is -2.28. The van der Waals surface area contributed by atoms with Gasteiger partial charge in [-0.3, -0.25) is 4.79 Å². The molecule has 1 heterocycles. The Bertz CT molecular complexity index is 1120. The van der Waals surface area contributed by atoms with E-state index in [1.807, 2.05) is 0 Å². The van der Waals surface area contributed by atoms with Crippen LogP contribution in [0.1, 0.15) is 55.8 Å². The molecule has 9 heteroatoms. The molecule has 1 aliphatic carbocycles. The van der Waals surface area contributed by atoms with Gasteiger partial charge in [-0.05, 0) is 81.8 Å². The van der Waals surface area contributed by atoms with Crippen LogP contribution in [0.5, 0.6) is 17.2 Å². The summed E-state index contributed by atoms with van der Waals surface area (Å²) in [5, 5.41) is 2.80. The molecule has 1 saturated heterocycles. The van der Waals surface area contributed by atoms with Crippen molar-refractivity contribution >= 4 is 21.6 Å². The zero-order valence-electron chi connectivity index (χ0n) is 19.7. The summed E-state index contributed by atoms with van der Waals surface area (Å²) in [5.74, 6) is 1.01. The summed E-state index contributed by atoms with van der Waals surface area (Å²) in [4.78, 5) is 13.0. The molecule has 34 heavy (non-hydrogen) atoms. The van der Waals surface area contributed by atoms with Crippen LogP contribution in [0.4, 0.5) is 5.69 Å². The number of amides is 1. The minimum atomic E-state index is -3.72. The van der Waals surface area contributed by atoms with E-state index in [9.17, 15) is 13.2 Å². The van der Waals surface area contributed by atoms with Gasteiger partial charge in [0, 0.05) is 24.3 Å². The molecule has 0 aromatic heterocycles. The van der Waals surface area contributed by atoms with Crippen LogP contribution in [0.15, 0.2) is 41.3 Å². The standard InChI is InChI=1S/C25H32N2O6S/c1-3-32-22-13-11-19(17-24(22)34(29,30)27-14-6-7-15-27)26-25(28)18-10-12-21(23(16-18)31-2)33-20-8-4-5-9-20/h10-13,16-17,20H,3-9,14-15H2,1-2H3,(H,26,28). The molecule has 0 radical (unpaired) electrons. The summed E-state index contributed by atoms with van der Waals surface area (Å²) in [5.41, 5.74) is 0.755. The second-order valence-electron chi connectivity index (χ2n) is 8.55. The van der Waals surface area contributed by atoms with Crippen LogP contribution >= 0.6 is 0 Å². The first-order chi connectivity index (χ1) is 16.4. The largest absolute Gasteiger partial charge is 0.493 e. The van der Waals surface area contributed by atoms with Crippen molar-refractivity contribution in [2.45, 2.75) is 56.4 Å². The van der Waals surface area contributed by atoms with Crippen molar-refractivity contribution in [3.05, 3.63) is 42.0 Å². The van der Waals surface area contributed by atoms with Crippen molar-refractivity contribution in [1.29, 1.82) is 0 Å². The molecule has 4 rings (SSSR count). The van der Waals surface area contributed by atoms with Crippen molar-refractivity contribution in [2.24, 2.45) is 0 Å². The number of sulfonamides is 1. The number of nitrogens with zero attached hydrogens (tertiary/aromatic N) is 1. The van der Waals surface area contributed by atoms with Gasteiger partial charge in [0.05, 0.1) is 19.8 Å². The van der Waals surface area contributed by atoms with Gasteiger partial charge in [0.25, 0.3) is 5.91 Å². The van der Waals surface area contributed by atoms with Crippen molar-refractivity contribution in [2.75, 3.05) is 32.1 Å². The summed E-state index contributed by atoms with van der Waals surface area (Å²) in [7, 11) is -2.18. The smallest absolute Gasteiger partial charge is 0.255 e. The van der Waals surface area contributed by atoms with E-state index in [4.69, 9.17) is 14.2 Å². The highest BCUT2D eigenvalue weighted by Crippen LogP contribution is 2.34. The van der Waals surface area contributed by atoms with E-state index in [1.165, 1.54) is 10.4 Å². The Kier molecular flexibility index (Phi) is 7.63. The minimum absolute atomic E-state index is 0.0620. The summed E-state index contributed by atoms with van der Waals surface area (Å²) in [6.45, 7) is 3.11. The number of nitrogens with one attached hydrogen (secondary N) is 1. The number of methoxy groups -OCH3 is 1. The quantitative estimate of drug-likeness (QED) is 0.560. The van der Waals surface area contributed by atoms with E-state index in [0.717, 1.165) is 38.5 Å². The first-order valence-corrected chi connectivity index (χ1v) is 13.3. The lowest BCUT2D eigenvalue weighted by atomic mass is 10.1. The van der Waals surface area contributed by atoms with E-state index in [1.54, 1.807) is 44.4 Å². The molecular weight excluding hydrogens is 456 g/mol. The predicted octanol–water partition coefficient (Wildman–Crippen LogP) is 4.45. The molecule has 2 fully saturated rings. The average molecular weight is 489 g/mol. The molecule has 1 aliphatic heterocycles. The van der Waals surface area contributed by atoms with Crippen LogP contribution in [0.2, 0.25) is 0 Å². The normalized spacial score (nSPS) is 17.0. The van der Waals surface area contributed by atoms with E-state index < -0.39 is 10.0 Å². The average Bonchev–Trinajstić information content (AvgIpc) is 3.55. The topological polar surface area (TPSA) is 94.2 Å². The summed E-state index contributed by atoms with van der Waals surface area (Å²) < 4.78 is 44.9. The summed E-state index contributed by atoms with van der Waals surface area (Å²) >= 11 is 0. The van der Waals surface area contributed by atoms with Crippen molar-refractivity contribution < 1.29 is 27.4 Å². The van der Waals surface area contributed by atoms with Gasteiger partial charge in [-0.25, -0.2) is 8.42 Å². The van der Waals surface area contributed by atoms with Gasteiger partial charge < -0.3 is 19.5 Å². The Morgan fingerprint density at radius 2 is 1.71 bits per heavy atom. The Morgan fingerprint density at radius 3 is 2.38 bits per heavy atom. The molecule has 1 saturated carbocycles.